The first kappa shape index (κ1) is 18.6. The van der Waals surface area contributed by atoms with E-state index in [1.807, 2.05) is 0 Å². The predicted molar refractivity (Wildman–Crippen MR) is 77.3 cm³/mol. The molecule has 0 fully saturated rings. The van der Waals surface area contributed by atoms with E-state index in [9.17, 15) is 4.79 Å². The number of nitrogens with zero attached hydrogens (tertiary/aromatic N) is 1. The quantitative estimate of drug-likeness (QED) is 0.478. The molecule has 0 aliphatic rings. The van der Waals surface area contributed by atoms with Crippen molar-refractivity contribution in [1.82, 2.24) is 9.99 Å². The van der Waals surface area contributed by atoms with Gasteiger partial charge in [0.1, 0.15) is 0 Å². The zero-order valence-corrected chi connectivity index (χ0v) is 13.4. The van der Waals surface area contributed by atoms with Gasteiger partial charge >= 0.3 is 6.09 Å². The first-order valence-electron chi connectivity index (χ1n) is 6.62. The highest BCUT2D eigenvalue weighted by atomic mass is 31.2. The van der Waals surface area contributed by atoms with Crippen LogP contribution in [0.1, 0.15) is 40.5 Å². The third-order valence-corrected chi connectivity index (χ3v) is 4.47. The molecule has 0 aliphatic heterocycles. The van der Waals surface area contributed by atoms with Crippen molar-refractivity contribution in [2.45, 2.75) is 52.6 Å². The fourth-order valence-corrected chi connectivity index (χ4v) is 3.22. The van der Waals surface area contributed by atoms with Crippen LogP contribution in [0.2, 0.25) is 0 Å². The van der Waals surface area contributed by atoms with E-state index in [-0.39, 0.29) is 0 Å². The van der Waals surface area contributed by atoms with Gasteiger partial charge in [-0.3, -0.25) is 0 Å². The van der Waals surface area contributed by atoms with E-state index >= 15 is 0 Å². The summed E-state index contributed by atoms with van der Waals surface area (Å²) in [6.45, 7) is 9.52. The Morgan fingerprint density at radius 1 is 1.26 bits per heavy atom. The van der Waals surface area contributed by atoms with Gasteiger partial charge in [-0.1, -0.05) is 0 Å². The number of amides is 1. The van der Waals surface area contributed by atoms with Crippen LogP contribution in [0.3, 0.4) is 0 Å². The van der Waals surface area contributed by atoms with Gasteiger partial charge in [0, 0.05) is 25.7 Å². The summed E-state index contributed by atoms with van der Waals surface area (Å²) in [5.74, 6) is 0. The Morgan fingerprint density at radius 2 is 1.84 bits per heavy atom. The Morgan fingerprint density at radius 3 is 2.26 bits per heavy atom. The molecule has 0 bridgehead atoms. The van der Waals surface area contributed by atoms with Gasteiger partial charge in [0.05, 0.1) is 6.61 Å². The fraction of sp³-hybridized carbons (Fsp3) is 0.917. The highest BCUT2D eigenvalue weighted by Crippen LogP contribution is 2.44. The molecule has 0 saturated carbocycles. The topological polar surface area (TPSA) is 71.0 Å². The summed E-state index contributed by atoms with van der Waals surface area (Å²) in [4.78, 5) is 10.3. The molecule has 114 valence electrons. The molecule has 0 radical (unpaired) electrons. The number of unbranched alkanes of at least 4 members (excludes halogenated alkanes) is 1. The first-order chi connectivity index (χ1) is 8.90. The molecule has 0 aromatic rings. The number of carbonyl (C=O) groups is 1. The summed E-state index contributed by atoms with van der Waals surface area (Å²) in [6.07, 6.45) is 0.598. The lowest BCUT2D eigenvalue weighted by Crippen LogP contribution is -2.33. The Kier molecular flexibility index (Phi) is 10.1. The number of nitrogens with one attached hydrogen (secondary N) is 1. The van der Waals surface area contributed by atoms with E-state index in [1.165, 1.54) is 0 Å². The number of hydrogen-bond donors (Lipinski definition) is 2. The van der Waals surface area contributed by atoms with Crippen molar-refractivity contribution in [1.29, 1.82) is 0 Å². The zero-order valence-electron chi connectivity index (χ0n) is 12.5. The average molecular weight is 294 g/mol. The Hall–Kier alpha value is -0.420. The van der Waals surface area contributed by atoms with Crippen molar-refractivity contribution >= 4 is 14.6 Å². The van der Waals surface area contributed by atoms with E-state index in [1.54, 1.807) is 7.11 Å². The van der Waals surface area contributed by atoms with Gasteiger partial charge in [-0.05, 0) is 40.5 Å². The zero-order chi connectivity index (χ0) is 14.8. The van der Waals surface area contributed by atoms with E-state index < -0.39 is 14.6 Å². The van der Waals surface area contributed by atoms with Gasteiger partial charge in [-0.15, -0.1) is 0 Å². The molecule has 0 aromatic heterocycles. The summed E-state index contributed by atoms with van der Waals surface area (Å²) in [6, 6.07) is 0.722. The Bertz CT molecular complexity index is 244. The molecular weight excluding hydrogens is 267 g/mol. The van der Waals surface area contributed by atoms with Crippen LogP contribution in [0.5, 0.6) is 0 Å². The van der Waals surface area contributed by atoms with E-state index in [0.29, 0.717) is 25.2 Å². The first-order valence-corrected chi connectivity index (χ1v) is 7.75. The van der Waals surface area contributed by atoms with Crippen molar-refractivity contribution in [3.63, 3.8) is 0 Å². The van der Waals surface area contributed by atoms with Crippen molar-refractivity contribution in [2.24, 2.45) is 0 Å². The summed E-state index contributed by atoms with van der Waals surface area (Å²) in [5, 5.41) is 10.8. The number of hydrogen-bond acceptors (Lipinski definition) is 4. The Labute approximate surface area is 117 Å². The van der Waals surface area contributed by atoms with Crippen LogP contribution in [0.4, 0.5) is 4.79 Å². The SMILES string of the molecule is COP(OCCCCNC(=O)O)N(C(C)C)C(C)C. The van der Waals surface area contributed by atoms with E-state index in [0.717, 1.165) is 12.8 Å². The monoisotopic (exact) mass is 294 g/mol. The van der Waals surface area contributed by atoms with Crippen LogP contribution in [0.15, 0.2) is 0 Å². The molecule has 1 atom stereocenters. The van der Waals surface area contributed by atoms with Crippen LogP contribution < -0.4 is 5.32 Å². The summed E-state index contributed by atoms with van der Waals surface area (Å²) < 4.78 is 13.4. The van der Waals surface area contributed by atoms with Crippen LogP contribution in [-0.2, 0) is 9.05 Å². The molecule has 1 amide bonds. The normalized spacial score (nSPS) is 13.3. The average Bonchev–Trinajstić information content (AvgIpc) is 2.30. The van der Waals surface area contributed by atoms with Crippen molar-refractivity contribution in [3.8, 4) is 0 Å². The lowest BCUT2D eigenvalue weighted by Gasteiger charge is -2.34. The Balaban J connectivity index is 3.95. The molecule has 0 saturated heterocycles. The van der Waals surface area contributed by atoms with Gasteiger partial charge in [-0.25, -0.2) is 9.46 Å². The van der Waals surface area contributed by atoms with Gasteiger partial charge in [0.15, 0.2) is 0 Å². The molecule has 6 nitrogen and oxygen atoms in total. The van der Waals surface area contributed by atoms with Crippen LogP contribution in [0.25, 0.3) is 0 Å². The second-order valence-corrected chi connectivity index (χ2v) is 6.32. The predicted octanol–water partition coefficient (Wildman–Crippen LogP) is 3.04. The molecule has 0 aromatic carbocycles. The standard InChI is InChI=1S/C12H27N2O4P/c1-10(2)14(11(3)4)19(17-5)18-9-7-6-8-13-12(15)16/h10-11,13H,6-9H2,1-5H3,(H,15,16). The summed E-state index contributed by atoms with van der Waals surface area (Å²) >= 11 is 0. The maximum Gasteiger partial charge on any atom is 0.404 e. The smallest absolute Gasteiger partial charge is 0.404 e. The molecule has 0 spiro atoms. The third-order valence-electron chi connectivity index (χ3n) is 2.45. The molecule has 1 unspecified atom stereocenters. The van der Waals surface area contributed by atoms with Crippen molar-refractivity contribution in [2.75, 3.05) is 20.3 Å². The van der Waals surface area contributed by atoms with Crippen LogP contribution in [0, 0.1) is 0 Å². The lowest BCUT2D eigenvalue weighted by atomic mass is 10.3. The molecule has 7 heteroatoms. The van der Waals surface area contributed by atoms with Gasteiger partial charge in [0.2, 0.25) is 0 Å². The lowest BCUT2D eigenvalue weighted by molar-refractivity contribution is 0.187. The minimum absolute atomic E-state index is 0.361. The van der Waals surface area contributed by atoms with E-state index in [2.05, 4.69) is 37.7 Å². The third kappa shape index (κ3) is 8.37. The van der Waals surface area contributed by atoms with Gasteiger partial charge in [-0.2, -0.15) is 0 Å². The van der Waals surface area contributed by atoms with Crippen molar-refractivity contribution in [3.05, 3.63) is 0 Å². The largest absolute Gasteiger partial charge is 0.465 e. The number of carboxylic acid groups (broad SMARTS) is 1. The maximum atomic E-state index is 10.3. The number of rotatable bonds is 10. The second-order valence-electron chi connectivity index (χ2n) is 4.76. The van der Waals surface area contributed by atoms with E-state index in [4.69, 9.17) is 14.2 Å². The molecule has 0 rings (SSSR count). The van der Waals surface area contributed by atoms with Crippen LogP contribution >= 0.6 is 8.53 Å². The minimum Gasteiger partial charge on any atom is -0.465 e. The molecule has 19 heavy (non-hydrogen) atoms. The molecule has 2 N–H and O–H groups in total. The van der Waals surface area contributed by atoms with Gasteiger partial charge < -0.3 is 19.5 Å². The molecule has 0 aliphatic carbocycles. The maximum absolute atomic E-state index is 10.3. The molecule has 0 heterocycles. The summed E-state index contributed by atoms with van der Waals surface area (Å²) in [7, 11) is 0.625. The highest BCUT2D eigenvalue weighted by molar-refractivity contribution is 7.44. The summed E-state index contributed by atoms with van der Waals surface area (Å²) in [5.41, 5.74) is 0. The van der Waals surface area contributed by atoms with Crippen molar-refractivity contribution < 1.29 is 18.9 Å². The molecular formula is C12H27N2O4P. The minimum atomic E-state index is -1.04. The van der Waals surface area contributed by atoms with Gasteiger partial charge in [0.25, 0.3) is 8.53 Å². The fourth-order valence-electron chi connectivity index (χ4n) is 1.75. The van der Waals surface area contributed by atoms with Crippen LogP contribution in [-0.4, -0.2) is 48.2 Å². The second kappa shape index (κ2) is 10.4. The highest BCUT2D eigenvalue weighted by Gasteiger charge is 2.25.